The van der Waals surface area contributed by atoms with Crippen molar-refractivity contribution in [3.05, 3.63) is 60.8 Å². The molecule has 0 spiro atoms. The van der Waals surface area contributed by atoms with Crippen LogP contribution in [-0.2, 0) is 46.6 Å². The number of phosphoric ester groups is 2. The average Bonchev–Trinajstić information content (AvgIpc) is 3.27. The third-order valence-corrected chi connectivity index (χ3v) is 12.0. The molecule has 0 bridgehead atoms. The van der Waals surface area contributed by atoms with Crippen LogP contribution in [0.5, 0.6) is 0 Å². The molecule has 1 fully saturated rings. The van der Waals surface area contributed by atoms with Crippen LogP contribution in [0.1, 0.15) is 162 Å². The molecule has 17 nitrogen and oxygen atoms in total. The van der Waals surface area contributed by atoms with Crippen LogP contribution in [0.15, 0.2) is 60.8 Å². The predicted molar refractivity (Wildman–Crippen MR) is 251 cm³/mol. The average molecular weight is 979 g/mol. The van der Waals surface area contributed by atoms with Crippen molar-refractivity contribution in [2.24, 2.45) is 0 Å². The normalized spacial score (nSPS) is 22.0. The lowest BCUT2D eigenvalue weighted by molar-refractivity contribution is -0.216. The van der Waals surface area contributed by atoms with Gasteiger partial charge in [0, 0.05) is 19.3 Å². The van der Waals surface area contributed by atoms with Gasteiger partial charge < -0.3 is 44.6 Å². The van der Waals surface area contributed by atoms with Crippen LogP contribution in [0.3, 0.4) is 0 Å². The van der Waals surface area contributed by atoms with E-state index in [2.05, 4.69) is 54.8 Å². The zero-order chi connectivity index (χ0) is 49.1. The number of hydrogen-bond donors (Lipinski definition) is 7. The zero-order valence-electron chi connectivity index (χ0n) is 39.1. The first-order valence-electron chi connectivity index (χ1n) is 23.8. The van der Waals surface area contributed by atoms with E-state index in [1.165, 1.54) is 25.7 Å². The number of ketones is 1. The maximum atomic E-state index is 13.0. The molecule has 0 aromatic heterocycles. The Morgan fingerprint density at radius 2 is 1.02 bits per heavy atom. The fraction of sp³-hybridized carbons (Fsp3) is 0.723. The molecule has 0 heterocycles. The Morgan fingerprint density at radius 3 is 1.59 bits per heavy atom. The van der Waals surface area contributed by atoms with Crippen molar-refractivity contribution in [2.75, 3.05) is 13.2 Å². The SMILES string of the molecule is CCCCC/C=C\C=C\C(=O)CCCCCCCC(=O)O[C@H](COC(=O)CCCCCC/C=C\C/C=C\C/C=C\CCCCC)COP(=O)(O)O[C@H]1C(O)C(O)C(O)[C@@H](OP(=O)(O)O)C1O. The Bertz CT molecular complexity index is 1570. The van der Waals surface area contributed by atoms with Gasteiger partial charge >= 0.3 is 27.6 Å². The molecule has 1 aliphatic carbocycles. The molecule has 0 aliphatic heterocycles. The molecule has 5 unspecified atom stereocenters. The lowest BCUT2D eigenvalue weighted by Gasteiger charge is -2.43. The minimum absolute atomic E-state index is 0.0406. The number of carbonyl (C=O) groups is 3. The molecule has 7 N–H and O–H groups in total. The smallest absolute Gasteiger partial charge is 0.462 e. The molecule has 66 heavy (non-hydrogen) atoms. The van der Waals surface area contributed by atoms with E-state index in [-0.39, 0.29) is 18.6 Å². The Morgan fingerprint density at radius 1 is 0.530 bits per heavy atom. The Balaban J connectivity index is 2.65. The van der Waals surface area contributed by atoms with Gasteiger partial charge in [-0.3, -0.25) is 28.0 Å². The summed E-state index contributed by atoms with van der Waals surface area (Å²) in [6.45, 7) is 2.90. The summed E-state index contributed by atoms with van der Waals surface area (Å²) in [7, 11) is -10.7. The number of allylic oxidation sites excluding steroid dienone is 10. The van der Waals surface area contributed by atoms with Gasteiger partial charge in [0.25, 0.3) is 0 Å². The molecular formula is C47H80O17P2. The van der Waals surface area contributed by atoms with Crippen molar-refractivity contribution < 1.29 is 81.7 Å². The molecular weight excluding hydrogens is 898 g/mol. The van der Waals surface area contributed by atoms with Crippen molar-refractivity contribution in [3.8, 4) is 0 Å². The standard InChI is InChI=1S/C47H80O17P2/c1-3-5-7-9-11-12-13-14-15-16-17-18-19-20-22-26-30-34-40(49)60-36-39(62-41(50)35-31-27-23-25-29-33-38(48)32-28-24-21-10-8-6-4-2)37-61-66(58,59)64-47-44(53)42(51)43(52)46(45(47)54)63-65(55,56)57/h11-12,14-15,17-18,21,24,28,32,39,42-47,51-54H,3-10,13,16,19-20,22-23,25-27,29-31,33-37H2,1-2H3,(H,58,59)(H2,55,56,57)/b12-11-,15-14-,18-17-,24-21-,32-28+/t39-,42?,43?,44?,45?,46-,47+/m1/s1. The highest BCUT2D eigenvalue weighted by Crippen LogP contribution is 2.49. The highest BCUT2D eigenvalue weighted by molar-refractivity contribution is 7.47. The van der Waals surface area contributed by atoms with Crippen molar-refractivity contribution in [2.45, 2.75) is 204 Å². The van der Waals surface area contributed by atoms with E-state index in [1.807, 2.05) is 12.2 Å². The summed E-state index contributed by atoms with van der Waals surface area (Å²) in [5, 5.41) is 41.2. The number of aliphatic hydroxyl groups is 4. The van der Waals surface area contributed by atoms with Crippen molar-refractivity contribution in [1.29, 1.82) is 0 Å². The lowest BCUT2D eigenvalue weighted by atomic mass is 9.85. The second-order valence-corrected chi connectivity index (χ2v) is 19.1. The molecule has 0 aromatic rings. The monoisotopic (exact) mass is 978 g/mol. The Labute approximate surface area is 392 Å². The van der Waals surface area contributed by atoms with Crippen LogP contribution < -0.4 is 0 Å². The van der Waals surface area contributed by atoms with Crippen LogP contribution in [0.4, 0.5) is 0 Å². The number of rotatable bonds is 39. The van der Waals surface area contributed by atoms with Crippen molar-refractivity contribution in [1.82, 2.24) is 0 Å². The number of ether oxygens (including phenoxy) is 2. The molecule has 1 rings (SSSR count). The zero-order valence-corrected chi connectivity index (χ0v) is 40.9. The van der Waals surface area contributed by atoms with Crippen LogP contribution >= 0.6 is 15.6 Å². The first-order chi connectivity index (χ1) is 31.5. The van der Waals surface area contributed by atoms with Gasteiger partial charge in [0.2, 0.25) is 0 Å². The summed E-state index contributed by atoms with van der Waals surface area (Å²) < 4.78 is 49.3. The number of unbranched alkanes of at least 4 members (excludes halogenated alkanes) is 14. The summed E-state index contributed by atoms with van der Waals surface area (Å²) in [5.41, 5.74) is 0. The number of aliphatic hydroxyl groups excluding tert-OH is 4. The molecule has 19 heteroatoms. The molecule has 1 aliphatic rings. The summed E-state index contributed by atoms with van der Waals surface area (Å²) in [4.78, 5) is 66.4. The fourth-order valence-corrected chi connectivity index (χ4v) is 8.32. The van der Waals surface area contributed by atoms with E-state index >= 15 is 0 Å². The minimum atomic E-state index is -5.38. The second kappa shape index (κ2) is 37.3. The molecule has 8 atom stereocenters. The largest absolute Gasteiger partial charge is 0.472 e. The van der Waals surface area contributed by atoms with Crippen LogP contribution in [-0.4, -0.2) is 109 Å². The molecule has 0 aromatic carbocycles. The van der Waals surface area contributed by atoms with Crippen molar-refractivity contribution in [3.63, 3.8) is 0 Å². The van der Waals surface area contributed by atoms with Gasteiger partial charge in [0.15, 0.2) is 11.9 Å². The van der Waals surface area contributed by atoms with Crippen LogP contribution in [0.2, 0.25) is 0 Å². The number of esters is 2. The molecule has 0 radical (unpaired) electrons. The Hall–Kier alpha value is -2.63. The topological polar surface area (TPSA) is 273 Å². The molecule has 0 amide bonds. The lowest BCUT2D eigenvalue weighted by Crippen LogP contribution is -2.64. The summed E-state index contributed by atoms with van der Waals surface area (Å²) in [6, 6.07) is 0. The summed E-state index contributed by atoms with van der Waals surface area (Å²) in [5.74, 6) is -1.29. The first-order valence-corrected chi connectivity index (χ1v) is 26.8. The van der Waals surface area contributed by atoms with E-state index in [0.29, 0.717) is 32.1 Å². The van der Waals surface area contributed by atoms with Gasteiger partial charge in [0.05, 0.1) is 6.61 Å². The first kappa shape index (κ1) is 61.4. The quantitative estimate of drug-likeness (QED) is 0.00763. The number of hydrogen-bond acceptors (Lipinski definition) is 14. The highest BCUT2D eigenvalue weighted by atomic mass is 31.2. The maximum absolute atomic E-state index is 13.0. The van der Waals surface area contributed by atoms with E-state index < -0.39 is 83.5 Å². The van der Waals surface area contributed by atoms with Crippen LogP contribution in [0, 0.1) is 0 Å². The van der Waals surface area contributed by atoms with E-state index in [0.717, 1.165) is 77.0 Å². The van der Waals surface area contributed by atoms with Gasteiger partial charge in [-0.1, -0.05) is 126 Å². The summed E-state index contributed by atoms with van der Waals surface area (Å²) >= 11 is 0. The Kier molecular flexibility index (Phi) is 34.7. The van der Waals surface area contributed by atoms with Gasteiger partial charge in [-0.05, 0) is 76.7 Å². The van der Waals surface area contributed by atoms with Crippen LogP contribution in [0.25, 0.3) is 0 Å². The number of carbonyl (C=O) groups excluding carboxylic acids is 3. The molecule has 1 saturated carbocycles. The van der Waals surface area contributed by atoms with Gasteiger partial charge in [-0.2, -0.15) is 0 Å². The van der Waals surface area contributed by atoms with Crippen molar-refractivity contribution >= 4 is 33.4 Å². The minimum Gasteiger partial charge on any atom is -0.462 e. The highest BCUT2D eigenvalue weighted by Gasteiger charge is 2.54. The fourth-order valence-electron chi connectivity index (χ4n) is 6.78. The molecule has 380 valence electrons. The van der Waals surface area contributed by atoms with Gasteiger partial charge in [-0.15, -0.1) is 0 Å². The maximum Gasteiger partial charge on any atom is 0.472 e. The number of phosphoric acid groups is 2. The van der Waals surface area contributed by atoms with Gasteiger partial charge in [-0.25, -0.2) is 9.13 Å². The summed E-state index contributed by atoms with van der Waals surface area (Å²) in [6.07, 6.45) is 24.2. The molecule has 0 saturated heterocycles. The predicted octanol–water partition coefficient (Wildman–Crippen LogP) is 8.24. The van der Waals surface area contributed by atoms with Gasteiger partial charge in [0.1, 0.15) is 43.2 Å². The third-order valence-electron chi connectivity index (χ3n) is 10.5. The third kappa shape index (κ3) is 31.4. The second-order valence-electron chi connectivity index (χ2n) is 16.5. The van der Waals surface area contributed by atoms with E-state index in [9.17, 15) is 48.8 Å². The van der Waals surface area contributed by atoms with E-state index in [1.54, 1.807) is 12.2 Å². The van der Waals surface area contributed by atoms with E-state index in [4.69, 9.17) is 28.3 Å².